The summed E-state index contributed by atoms with van der Waals surface area (Å²) in [6.45, 7) is 2.22. The first kappa shape index (κ1) is 19.2. The van der Waals surface area contributed by atoms with Crippen molar-refractivity contribution in [2.75, 3.05) is 0 Å². The number of nitriles is 1. The van der Waals surface area contributed by atoms with Crippen molar-refractivity contribution in [1.82, 2.24) is 0 Å². The molecule has 0 aliphatic heterocycles. The molecule has 3 rings (SSSR count). The van der Waals surface area contributed by atoms with Crippen molar-refractivity contribution in [3.63, 3.8) is 0 Å². The average Bonchev–Trinajstić information content (AvgIpc) is 2.73. The van der Waals surface area contributed by atoms with Gasteiger partial charge in [-0.3, -0.25) is 4.79 Å². The van der Waals surface area contributed by atoms with E-state index in [4.69, 9.17) is 4.74 Å². The highest BCUT2D eigenvalue weighted by atomic mass is 16.5. The zero-order valence-corrected chi connectivity index (χ0v) is 16.0. The van der Waals surface area contributed by atoms with Crippen molar-refractivity contribution in [2.24, 2.45) is 11.8 Å². The van der Waals surface area contributed by atoms with Gasteiger partial charge in [-0.1, -0.05) is 62.6 Å². The van der Waals surface area contributed by atoms with Crippen LogP contribution in [0.4, 0.5) is 0 Å². The van der Waals surface area contributed by atoms with Crippen molar-refractivity contribution in [3.05, 3.63) is 54.1 Å². The Morgan fingerprint density at radius 2 is 1.81 bits per heavy atom. The van der Waals surface area contributed by atoms with Crippen LogP contribution < -0.4 is 4.74 Å². The van der Waals surface area contributed by atoms with Crippen LogP contribution in [0.5, 0.6) is 5.75 Å². The molecule has 0 unspecified atom stereocenters. The molecular weight excluding hydrogens is 334 g/mol. The van der Waals surface area contributed by atoms with Gasteiger partial charge in [0.25, 0.3) is 0 Å². The number of carbonyl (C=O) groups excluding carboxylic acids is 1. The third-order valence-corrected chi connectivity index (χ3v) is 5.56. The van der Waals surface area contributed by atoms with Crippen molar-refractivity contribution >= 4 is 5.97 Å². The summed E-state index contributed by atoms with van der Waals surface area (Å²) >= 11 is 0. The molecule has 0 radical (unpaired) electrons. The molecule has 27 heavy (non-hydrogen) atoms. The molecule has 0 spiro atoms. The van der Waals surface area contributed by atoms with Gasteiger partial charge >= 0.3 is 5.97 Å². The summed E-state index contributed by atoms with van der Waals surface area (Å²) in [5.41, 5.74) is 2.39. The predicted molar refractivity (Wildman–Crippen MR) is 107 cm³/mol. The lowest BCUT2D eigenvalue weighted by molar-refractivity contribution is -0.140. The first-order chi connectivity index (χ1) is 13.2. The van der Waals surface area contributed by atoms with Gasteiger partial charge in [-0.15, -0.1) is 0 Å². The molecule has 0 bridgehead atoms. The number of unbranched alkanes of at least 4 members (excludes halogenated alkanes) is 1. The minimum Gasteiger partial charge on any atom is -0.425 e. The summed E-state index contributed by atoms with van der Waals surface area (Å²) in [5.74, 6) is 0.903. The maximum absolute atomic E-state index is 12.6. The summed E-state index contributed by atoms with van der Waals surface area (Å²) in [6, 6.07) is 17.5. The van der Waals surface area contributed by atoms with E-state index in [0.717, 1.165) is 42.7 Å². The van der Waals surface area contributed by atoms with Crippen LogP contribution in [0.15, 0.2) is 48.5 Å². The van der Waals surface area contributed by atoms with Crippen LogP contribution in [0, 0.1) is 23.2 Å². The van der Waals surface area contributed by atoms with E-state index in [2.05, 4.69) is 13.0 Å². The number of esters is 1. The van der Waals surface area contributed by atoms with Crippen LogP contribution >= 0.6 is 0 Å². The molecule has 3 heteroatoms. The molecule has 0 N–H and O–H groups in total. The highest BCUT2D eigenvalue weighted by Crippen LogP contribution is 2.33. The number of benzene rings is 2. The molecule has 3 nitrogen and oxygen atoms in total. The molecule has 2 aromatic rings. The van der Waals surface area contributed by atoms with Crippen molar-refractivity contribution in [2.45, 2.75) is 51.9 Å². The molecule has 0 atom stereocenters. The van der Waals surface area contributed by atoms with Gasteiger partial charge in [0.1, 0.15) is 11.8 Å². The van der Waals surface area contributed by atoms with Crippen molar-refractivity contribution in [1.29, 1.82) is 5.26 Å². The topological polar surface area (TPSA) is 50.1 Å². The third-order valence-electron chi connectivity index (χ3n) is 5.56. The molecule has 140 valence electrons. The monoisotopic (exact) mass is 361 g/mol. The number of ether oxygens (including phenoxy) is 1. The van der Waals surface area contributed by atoms with Gasteiger partial charge in [-0.25, -0.2) is 0 Å². The van der Waals surface area contributed by atoms with Crippen molar-refractivity contribution < 1.29 is 9.53 Å². The van der Waals surface area contributed by atoms with Gasteiger partial charge in [-0.2, -0.15) is 5.26 Å². The smallest absolute Gasteiger partial charge is 0.314 e. The lowest BCUT2D eigenvalue weighted by Crippen LogP contribution is -2.26. The lowest BCUT2D eigenvalue weighted by Gasteiger charge is -2.27. The third kappa shape index (κ3) is 4.98. The highest BCUT2D eigenvalue weighted by Gasteiger charge is 2.28. The Labute approximate surface area is 162 Å². The zero-order chi connectivity index (χ0) is 19.1. The van der Waals surface area contributed by atoms with E-state index in [1.807, 2.05) is 36.4 Å². The number of hydrogen-bond acceptors (Lipinski definition) is 3. The number of hydrogen-bond donors (Lipinski definition) is 0. The van der Waals surface area contributed by atoms with E-state index in [1.165, 1.54) is 19.3 Å². The van der Waals surface area contributed by atoms with E-state index in [1.54, 1.807) is 12.1 Å². The van der Waals surface area contributed by atoms with Crippen LogP contribution in [-0.4, -0.2) is 5.97 Å². The minimum absolute atomic E-state index is 0.0387. The Kier molecular flexibility index (Phi) is 6.65. The van der Waals surface area contributed by atoms with Crippen LogP contribution in [0.1, 0.15) is 57.4 Å². The summed E-state index contributed by atoms with van der Waals surface area (Å²) in [7, 11) is 0. The van der Waals surface area contributed by atoms with E-state index in [0.29, 0.717) is 11.3 Å². The van der Waals surface area contributed by atoms with Gasteiger partial charge in [0.2, 0.25) is 0 Å². The second kappa shape index (κ2) is 9.37. The van der Waals surface area contributed by atoms with Crippen LogP contribution in [0.2, 0.25) is 0 Å². The fourth-order valence-corrected chi connectivity index (χ4v) is 3.89. The number of carbonyl (C=O) groups is 1. The Morgan fingerprint density at radius 3 is 2.48 bits per heavy atom. The summed E-state index contributed by atoms with van der Waals surface area (Å²) < 4.78 is 5.62. The normalized spacial score (nSPS) is 19.3. The fourth-order valence-electron chi connectivity index (χ4n) is 3.89. The zero-order valence-electron chi connectivity index (χ0n) is 16.0. The minimum atomic E-state index is -0.187. The first-order valence-corrected chi connectivity index (χ1v) is 10.0. The van der Waals surface area contributed by atoms with E-state index < -0.39 is 0 Å². The molecule has 1 saturated carbocycles. The van der Waals surface area contributed by atoms with Crippen LogP contribution in [-0.2, 0) is 4.79 Å². The molecular formula is C24H27NO2. The number of nitrogens with zero attached hydrogens (tertiary/aromatic N) is 1. The molecule has 0 aromatic heterocycles. The standard InChI is InChI=1S/C24H27NO2/c1-2-3-7-18-10-12-20(13-11-18)24(26)27-23-15-14-21(16-22(23)17-25)19-8-5-4-6-9-19/h4-6,8-9,14-16,18,20H,2-3,7,10-13H2,1H3. The summed E-state index contributed by atoms with van der Waals surface area (Å²) in [6.07, 6.45) is 7.80. The second-order valence-electron chi connectivity index (χ2n) is 7.47. The van der Waals surface area contributed by atoms with Gasteiger partial charge in [0.15, 0.2) is 0 Å². The summed E-state index contributed by atoms with van der Waals surface area (Å²) in [4.78, 5) is 12.6. The Bertz CT molecular complexity index is 799. The molecule has 1 aliphatic rings. The second-order valence-corrected chi connectivity index (χ2v) is 7.47. The molecule has 2 aromatic carbocycles. The Morgan fingerprint density at radius 1 is 1.07 bits per heavy atom. The average molecular weight is 361 g/mol. The molecule has 0 heterocycles. The van der Waals surface area contributed by atoms with E-state index in [9.17, 15) is 10.1 Å². The Hall–Kier alpha value is -2.60. The first-order valence-electron chi connectivity index (χ1n) is 10.0. The number of rotatable bonds is 6. The van der Waals surface area contributed by atoms with Gasteiger partial charge in [-0.05, 0) is 54.9 Å². The predicted octanol–water partition coefficient (Wildman–Crippen LogP) is 6.13. The summed E-state index contributed by atoms with van der Waals surface area (Å²) in [5, 5.41) is 9.49. The maximum Gasteiger partial charge on any atom is 0.314 e. The fraction of sp³-hybridized carbons (Fsp3) is 0.417. The quantitative estimate of drug-likeness (QED) is 0.459. The largest absolute Gasteiger partial charge is 0.425 e. The molecule has 0 amide bonds. The van der Waals surface area contributed by atoms with E-state index >= 15 is 0 Å². The molecule has 0 saturated heterocycles. The molecule has 1 aliphatic carbocycles. The van der Waals surface area contributed by atoms with E-state index in [-0.39, 0.29) is 11.9 Å². The lowest BCUT2D eigenvalue weighted by atomic mass is 9.80. The Balaban J connectivity index is 1.64. The van der Waals surface area contributed by atoms with Crippen LogP contribution in [0.3, 0.4) is 0 Å². The molecule has 1 fully saturated rings. The van der Waals surface area contributed by atoms with Gasteiger partial charge in [0.05, 0.1) is 11.5 Å². The highest BCUT2D eigenvalue weighted by molar-refractivity contribution is 5.77. The van der Waals surface area contributed by atoms with Gasteiger partial charge in [0, 0.05) is 0 Å². The van der Waals surface area contributed by atoms with Crippen LogP contribution in [0.25, 0.3) is 11.1 Å². The maximum atomic E-state index is 12.6. The van der Waals surface area contributed by atoms with Gasteiger partial charge < -0.3 is 4.74 Å². The van der Waals surface area contributed by atoms with Crippen molar-refractivity contribution in [3.8, 4) is 22.9 Å². The SMILES string of the molecule is CCCCC1CCC(C(=O)Oc2ccc(-c3ccccc3)cc2C#N)CC1.